The molecular formula is C22H28Si. The molecule has 0 aliphatic heterocycles. The largest absolute Gasteiger partial charge is 0.107 e. The maximum atomic E-state index is 2.35. The molecule has 0 bridgehead atoms. The molecule has 0 amide bonds. The highest BCUT2D eigenvalue weighted by molar-refractivity contribution is 6.85. The molecule has 0 saturated carbocycles. The van der Waals surface area contributed by atoms with Gasteiger partial charge in [0, 0.05) is 0 Å². The van der Waals surface area contributed by atoms with Crippen LogP contribution in [0.5, 0.6) is 0 Å². The third-order valence-electron chi connectivity index (χ3n) is 4.30. The Kier molecular flexibility index (Phi) is 7.08. The number of rotatable bonds is 7. The number of benzene rings is 2. The Labute approximate surface area is 143 Å². The van der Waals surface area contributed by atoms with Gasteiger partial charge in [-0.25, -0.2) is 0 Å². The highest BCUT2D eigenvalue weighted by Crippen LogP contribution is 2.15. The summed E-state index contributed by atoms with van der Waals surface area (Å²) in [5.74, 6) is 0. The minimum Gasteiger partial charge on any atom is -0.0887 e. The molecule has 0 fully saturated rings. The first-order chi connectivity index (χ1) is 11.2. The summed E-state index contributed by atoms with van der Waals surface area (Å²) in [6, 6.07) is 23.4. The van der Waals surface area contributed by atoms with E-state index in [0.29, 0.717) is 0 Å². The second-order valence-corrected chi connectivity index (χ2v) is 9.19. The van der Waals surface area contributed by atoms with Crippen molar-refractivity contribution in [1.82, 2.24) is 0 Å². The summed E-state index contributed by atoms with van der Waals surface area (Å²) in [7, 11) is -1.18. The molecule has 2 aromatic rings. The van der Waals surface area contributed by atoms with E-state index < -0.39 is 8.80 Å². The molecule has 0 atom stereocenters. The molecule has 0 heterocycles. The van der Waals surface area contributed by atoms with Crippen LogP contribution in [0.4, 0.5) is 0 Å². The number of allylic oxidation sites excluding steroid dienone is 4. The van der Waals surface area contributed by atoms with Crippen molar-refractivity contribution in [3.8, 4) is 0 Å². The van der Waals surface area contributed by atoms with Crippen LogP contribution in [0.3, 0.4) is 0 Å². The van der Waals surface area contributed by atoms with Crippen molar-refractivity contribution >= 4 is 19.2 Å². The lowest BCUT2D eigenvalue weighted by Crippen LogP contribution is -2.42. The van der Waals surface area contributed by atoms with E-state index in [1.165, 1.54) is 18.0 Å². The third-order valence-corrected chi connectivity index (χ3v) is 7.61. The normalized spacial score (nSPS) is 11.6. The van der Waals surface area contributed by atoms with Crippen molar-refractivity contribution in [3.63, 3.8) is 0 Å². The summed E-state index contributed by atoms with van der Waals surface area (Å²) in [5, 5.41) is 3.08. The first-order valence-corrected chi connectivity index (χ1v) is 10.5. The van der Waals surface area contributed by atoms with Crippen LogP contribution < -0.4 is 10.4 Å². The fourth-order valence-corrected chi connectivity index (χ4v) is 6.17. The Morgan fingerprint density at radius 2 is 1.39 bits per heavy atom. The molecule has 23 heavy (non-hydrogen) atoms. The van der Waals surface area contributed by atoms with Gasteiger partial charge in [-0.3, -0.25) is 0 Å². The molecule has 0 aliphatic rings. The minimum atomic E-state index is -1.18. The molecule has 1 heteroatoms. The van der Waals surface area contributed by atoms with Gasteiger partial charge in [-0.15, -0.1) is 0 Å². The standard InChI is InChI=1S/C22H28Si/c1-4-20(13-11-12-19(2)3)18-23(21-14-7-5-8-15-21)22-16-9-6-10-17-22/h4-10,12,14-17,23H,11,13,18H2,1-3H3/b20-4-. The van der Waals surface area contributed by atoms with Crippen molar-refractivity contribution in [1.29, 1.82) is 0 Å². The fourth-order valence-electron chi connectivity index (χ4n) is 2.97. The van der Waals surface area contributed by atoms with E-state index in [1.807, 2.05) is 0 Å². The summed E-state index contributed by atoms with van der Waals surface area (Å²) < 4.78 is 0. The maximum Gasteiger partial charge on any atom is 0.107 e. The van der Waals surface area contributed by atoms with Crippen molar-refractivity contribution in [2.24, 2.45) is 0 Å². The molecule has 0 aromatic heterocycles. The first kappa shape index (κ1) is 17.5. The molecule has 0 spiro atoms. The lowest BCUT2D eigenvalue weighted by molar-refractivity contribution is 0.960. The third kappa shape index (κ3) is 5.68. The molecular weight excluding hydrogens is 292 g/mol. The predicted molar refractivity (Wildman–Crippen MR) is 107 cm³/mol. The van der Waals surface area contributed by atoms with Crippen LogP contribution in [0.15, 0.2) is 84.0 Å². The average Bonchev–Trinajstić information content (AvgIpc) is 2.59. The summed E-state index contributed by atoms with van der Waals surface area (Å²) in [4.78, 5) is 0. The molecule has 120 valence electrons. The second-order valence-electron chi connectivity index (χ2n) is 6.35. The van der Waals surface area contributed by atoms with Crippen LogP contribution >= 0.6 is 0 Å². The lowest BCUT2D eigenvalue weighted by atomic mass is 10.1. The Morgan fingerprint density at radius 3 is 1.83 bits per heavy atom. The molecule has 0 radical (unpaired) electrons. The van der Waals surface area contributed by atoms with E-state index in [0.717, 1.165) is 6.42 Å². The smallest absolute Gasteiger partial charge is 0.0887 e. The van der Waals surface area contributed by atoms with Gasteiger partial charge >= 0.3 is 0 Å². The van der Waals surface area contributed by atoms with E-state index in [2.05, 4.69) is 93.6 Å². The van der Waals surface area contributed by atoms with Gasteiger partial charge in [0.2, 0.25) is 0 Å². The maximum absolute atomic E-state index is 2.35. The molecule has 2 rings (SSSR count). The van der Waals surface area contributed by atoms with Gasteiger partial charge in [-0.2, -0.15) is 0 Å². The van der Waals surface area contributed by atoms with Crippen LogP contribution in [0.1, 0.15) is 33.6 Å². The summed E-state index contributed by atoms with van der Waals surface area (Å²) in [6.07, 6.45) is 7.04. The Balaban J connectivity index is 2.19. The quantitative estimate of drug-likeness (QED) is 0.511. The van der Waals surface area contributed by atoms with Crippen LogP contribution in [0, 0.1) is 0 Å². The van der Waals surface area contributed by atoms with E-state index >= 15 is 0 Å². The van der Waals surface area contributed by atoms with Gasteiger partial charge in [0.1, 0.15) is 8.80 Å². The van der Waals surface area contributed by atoms with Crippen LogP contribution in [-0.2, 0) is 0 Å². The zero-order valence-corrected chi connectivity index (χ0v) is 15.8. The zero-order valence-electron chi connectivity index (χ0n) is 14.6. The zero-order chi connectivity index (χ0) is 16.5. The molecule has 0 unspecified atom stereocenters. The van der Waals surface area contributed by atoms with E-state index in [1.54, 1.807) is 15.9 Å². The topological polar surface area (TPSA) is 0 Å². The van der Waals surface area contributed by atoms with Crippen LogP contribution in [-0.4, -0.2) is 8.80 Å². The molecule has 0 aliphatic carbocycles. The van der Waals surface area contributed by atoms with Gasteiger partial charge in [-0.1, -0.05) is 94.3 Å². The highest BCUT2D eigenvalue weighted by atomic mass is 28.3. The SMILES string of the molecule is C/C=C(/CCC=C(C)C)C[SiH](c1ccccc1)c1ccccc1. The van der Waals surface area contributed by atoms with E-state index in [-0.39, 0.29) is 0 Å². The second kappa shape index (κ2) is 9.31. The monoisotopic (exact) mass is 320 g/mol. The van der Waals surface area contributed by atoms with Crippen molar-refractivity contribution in [2.45, 2.75) is 39.7 Å². The number of hydrogen-bond donors (Lipinski definition) is 0. The van der Waals surface area contributed by atoms with E-state index in [4.69, 9.17) is 0 Å². The van der Waals surface area contributed by atoms with Crippen molar-refractivity contribution in [3.05, 3.63) is 84.0 Å². The Bertz CT molecular complexity index is 595. The Morgan fingerprint density at radius 1 is 0.870 bits per heavy atom. The van der Waals surface area contributed by atoms with Crippen LogP contribution in [0.25, 0.3) is 0 Å². The highest BCUT2D eigenvalue weighted by Gasteiger charge is 2.17. The molecule has 0 nitrogen and oxygen atoms in total. The van der Waals surface area contributed by atoms with E-state index in [9.17, 15) is 0 Å². The average molecular weight is 321 g/mol. The van der Waals surface area contributed by atoms with Crippen molar-refractivity contribution in [2.75, 3.05) is 0 Å². The number of hydrogen-bond acceptors (Lipinski definition) is 0. The molecule has 2 aromatic carbocycles. The van der Waals surface area contributed by atoms with Gasteiger partial charge in [0.25, 0.3) is 0 Å². The fraction of sp³-hybridized carbons (Fsp3) is 0.273. The minimum absolute atomic E-state index is 1.16. The molecule has 0 N–H and O–H groups in total. The molecule has 0 saturated heterocycles. The summed E-state index contributed by atoms with van der Waals surface area (Å²) in [6.45, 7) is 6.56. The van der Waals surface area contributed by atoms with Gasteiger partial charge < -0.3 is 0 Å². The Hall–Kier alpha value is -1.86. The van der Waals surface area contributed by atoms with Gasteiger partial charge in [-0.05, 0) is 39.7 Å². The summed E-state index contributed by atoms with van der Waals surface area (Å²) >= 11 is 0. The lowest BCUT2D eigenvalue weighted by Gasteiger charge is -2.18. The first-order valence-electron chi connectivity index (χ1n) is 8.58. The summed E-state index contributed by atoms with van der Waals surface area (Å²) in [5.41, 5.74) is 3.02. The predicted octanol–water partition coefficient (Wildman–Crippen LogP) is 4.72. The van der Waals surface area contributed by atoms with Gasteiger partial charge in [0.05, 0.1) is 0 Å². The van der Waals surface area contributed by atoms with Gasteiger partial charge in [0.15, 0.2) is 0 Å². The van der Waals surface area contributed by atoms with Crippen LogP contribution in [0.2, 0.25) is 6.04 Å². The van der Waals surface area contributed by atoms with Crippen molar-refractivity contribution < 1.29 is 0 Å².